The standard InChI is InChI=1S/C16H23BrN5O/c1-20(2)14(23)11-21-7-4-12(5-8-21)15-13-10-18-6-9-22(13,3)16(17)19-15/h6,9-10,12H,4-5,7-8,11H2,1-3H3/q+1. The molecule has 6 nitrogen and oxygen atoms in total. The molecule has 1 fully saturated rings. The van der Waals surface area contributed by atoms with Crippen molar-refractivity contribution in [2.45, 2.75) is 12.8 Å². The quantitative estimate of drug-likeness (QED) is 0.553. The van der Waals surface area contributed by atoms with Crippen molar-refractivity contribution < 1.29 is 9.28 Å². The molecular weight excluding hydrogens is 358 g/mol. The lowest BCUT2D eigenvalue weighted by molar-refractivity contribution is -0.709. The van der Waals surface area contributed by atoms with Crippen molar-refractivity contribution in [1.29, 1.82) is 0 Å². The fourth-order valence-corrected chi connectivity index (χ4v) is 3.71. The lowest BCUT2D eigenvalue weighted by Gasteiger charge is -2.32. The van der Waals surface area contributed by atoms with Crippen LogP contribution in [0, 0.1) is 5.92 Å². The summed E-state index contributed by atoms with van der Waals surface area (Å²) in [7, 11) is 5.73. The second kappa shape index (κ2) is 6.30. The number of fused-ring (bicyclic) bond motifs is 1. The Kier molecular flexibility index (Phi) is 4.53. The van der Waals surface area contributed by atoms with Gasteiger partial charge >= 0.3 is 0 Å². The molecule has 1 atom stereocenters. The molecule has 0 radical (unpaired) electrons. The van der Waals surface area contributed by atoms with Gasteiger partial charge in [0.15, 0.2) is 5.70 Å². The van der Waals surface area contributed by atoms with Gasteiger partial charge in [-0.05, 0) is 25.9 Å². The van der Waals surface area contributed by atoms with Crippen LogP contribution in [0.25, 0.3) is 0 Å². The molecule has 3 rings (SSSR count). The predicted octanol–water partition coefficient (Wildman–Crippen LogP) is 1.76. The number of nitrogens with zero attached hydrogens (tertiary/aromatic N) is 5. The van der Waals surface area contributed by atoms with Crippen molar-refractivity contribution >= 4 is 32.8 Å². The van der Waals surface area contributed by atoms with E-state index in [9.17, 15) is 4.79 Å². The van der Waals surface area contributed by atoms with Crippen LogP contribution < -0.4 is 0 Å². The van der Waals surface area contributed by atoms with Crippen molar-refractivity contribution in [2.75, 3.05) is 40.8 Å². The Hall–Kier alpha value is -1.31. The van der Waals surface area contributed by atoms with Crippen LogP contribution in [-0.2, 0) is 4.79 Å². The topological polar surface area (TPSA) is 48.3 Å². The fourth-order valence-electron chi connectivity index (χ4n) is 3.21. The maximum Gasteiger partial charge on any atom is 0.281 e. The Morgan fingerprint density at radius 2 is 2.13 bits per heavy atom. The van der Waals surface area contributed by atoms with E-state index in [2.05, 4.69) is 32.9 Å². The van der Waals surface area contributed by atoms with E-state index in [1.807, 2.05) is 18.6 Å². The fraction of sp³-hybridized carbons (Fsp3) is 0.562. The molecule has 0 aromatic rings. The second-order valence-electron chi connectivity index (χ2n) is 6.64. The first-order valence-corrected chi connectivity index (χ1v) is 8.70. The minimum absolute atomic E-state index is 0.168. The summed E-state index contributed by atoms with van der Waals surface area (Å²) >= 11 is 3.61. The smallest absolute Gasteiger partial charge is 0.281 e. The third kappa shape index (κ3) is 3.05. The number of quaternary nitrogens is 1. The first-order valence-electron chi connectivity index (χ1n) is 7.91. The monoisotopic (exact) mass is 380 g/mol. The van der Waals surface area contributed by atoms with Crippen LogP contribution in [0.3, 0.4) is 0 Å². The summed E-state index contributed by atoms with van der Waals surface area (Å²) in [6.45, 7) is 2.38. The highest BCUT2D eigenvalue weighted by Crippen LogP contribution is 2.38. The van der Waals surface area contributed by atoms with Crippen LogP contribution in [0.2, 0.25) is 0 Å². The van der Waals surface area contributed by atoms with Gasteiger partial charge in [-0.1, -0.05) is 0 Å². The Balaban J connectivity index is 1.69. The number of hydrogen-bond donors (Lipinski definition) is 0. The summed E-state index contributed by atoms with van der Waals surface area (Å²) in [4.78, 5) is 24.8. The number of allylic oxidation sites excluding steroid dienone is 2. The van der Waals surface area contributed by atoms with Gasteiger partial charge in [0.1, 0.15) is 11.9 Å². The normalized spacial score (nSPS) is 28.1. The molecule has 3 heterocycles. The van der Waals surface area contributed by atoms with Gasteiger partial charge in [-0.25, -0.2) is 4.48 Å². The van der Waals surface area contributed by atoms with Gasteiger partial charge < -0.3 is 4.90 Å². The summed E-state index contributed by atoms with van der Waals surface area (Å²) in [6, 6.07) is 0. The molecule has 1 saturated heterocycles. The molecule has 0 aromatic heterocycles. The molecule has 0 saturated carbocycles. The Labute approximate surface area is 145 Å². The number of hydrogen-bond acceptors (Lipinski definition) is 4. The number of halogens is 1. The van der Waals surface area contributed by atoms with E-state index in [-0.39, 0.29) is 5.91 Å². The maximum atomic E-state index is 11.8. The van der Waals surface area contributed by atoms with E-state index in [4.69, 9.17) is 4.99 Å². The van der Waals surface area contributed by atoms with Gasteiger partial charge in [-0.15, -0.1) is 0 Å². The van der Waals surface area contributed by atoms with Crippen molar-refractivity contribution in [3.63, 3.8) is 0 Å². The number of piperidine rings is 1. The average molecular weight is 381 g/mol. The molecule has 7 heteroatoms. The van der Waals surface area contributed by atoms with E-state index in [0.717, 1.165) is 42.1 Å². The highest BCUT2D eigenvalue weighted by molar-refractivity contribution is 9.18. The lowest BCUT2D eigenvalue weighted by atomic mass is 9.92. The number of amidine groups is 1. The van der Waals surface area contributed by atoms with Gasteiger partial charge in [0.2, 0.25) is 5.91 Å². The van der Waals surface area contributed by atoms with Crippen molar-refractivity contribution in [1.82, 2.24) is 9.80 Å². The minimum Gasteiger partial charge on any atom is -0.348 e. The summed E-state index contributed by atoms with van der Waals surface area (Å²) in [5, 5.41) is 0. The molecule has 0 N–H and O–H groups in total. The molecule has 124 valence electrons. The zero-order valence-electron chi connectivity index (χ0n) is 13.9. The molecule has 0 bridgehead atoms. The van der Waals surface area contributed by atoms with Crippen LogP contribution in [0.4, 0.5) is 0 Å². The third-order valence-electron chi connectivity index (χ3n) is 4.84. The van der Waals surface area contributed by atoms with Crippen LogP contribution in [0.5, 0.6) is 0 Å². The zero-order chi connectivity index (χ0) is 16.6. The molecular formula is C16H23BrN5O+. The van der Waals surface area contributed by atoms with Crippen molar-refractivity contribution in [3.8, 4) is 0 Å². The minimum atomic E-state index is 0.168. The van der Waals surface area contributed by atoms with Crippen molar-refractivity contribution in [3.05, 3.63) is 23.8 Å². The molecule has 0 aromatic carbocycles. The van der Waals surface area contributed by atoms with Gasteiger partial charge in [-0.3, -0.25) is 14.7 Å². The molecule has 1 unspecified atom stereocenters. The number of rotatable bonds is 3. The third-order valence-corrected chi connectivity index (χ3v) is 5.75. The first-order chi connectivity index (χ1) is 10.9. The summed E-state index contributed by atoms with van der Waals surface area (Å²) < 4.78 is 1.48. The van der Waals surface area contributed by atoms with Crippen molar-refractivity contribution in [2.24, 2.45) is 15.9 Å². The van der Waals surface area contributed by atoms with Gasteiger partial charge in [0.05, 0.1) is 26.0 Å². The highest BCUT2D eigenvalue weighted by atomic mass is 79.9. The average Bonchev–Trinajstić information content (AvgIpc) is 2.80. The number of carbonyl (C=O) groups excluding carboxylic acids is 1. The van der Waals surface area contributed by atoms with Gasteiger partial charge in [0.25, 0.3) is 4.74 Å². The number of likely N-dealkylation sites (tertiary alicyclic amines) is 1. The molecule has 0 aliphatic carbocycles. The van der Waals surface area contributed by atoms with E-state index >= 15 is 0 Å². The summed E-state index contributed by atoms with van der Waals surface area (Å²) in [6.07, 6.45) is 7.84. The van der Waals surface area contributed by atoms with Crippen LogP contribution >= 0.6 is 15.9 Å². The number of amides is 1. The number of aliphatic imine (C=N–C) groups is 2. The maximum absolute atomic E-state index is 11.8. The van der Waals surface area contributed by atoms with Gasteiger partial charge in [-0.2, -0.15) is 4.99 Å². The van der Waals surface area contributed by atoms with Crippen LogP contribution in [0.1, 0.15) is 12.8 Å². The van der Waals surface area contributed by atoms with E-state index in [1.165, 1.54) is 0 Å². The molecule has 1 amide bonds. The number of carbonyl (C=O) groups is 1. The second-order valence-corrected chi connectivity index (χ2v) is 7.35. The van der Waals surface area contributed by atoms with E-state index in [1.54, 1.807) is 19.0 Å². The van der Waals surface area contributed by atoms with Crippen LogP contribution in [-0.4, -0.2) is 71.9 Å². The van der Waals surface area contributed by atoms with E-state index in [0.29, 0.717) is 16.9 Å². The largest absolute Gasteiger partial charge is 0.348 e. The molecule has 3 aliphatic rings. The Morgan fingerprint density at radius 3 is 2.78 bits per heavy atom. The zero-order valence-corrected chi connectivity index (χ0v) is 15.5. The first kappa shape index (κ1) is 16.5. The molecule has 0 spiro atoms. The Bertz CT molecular complexity index is 628. The SMILES string of the molecule is CN(C)C(=O)CN1CCC(C2=C3C=NC=C[N+]3(C)C(Br)=N2)CC1. The highest BCUT2D eigenvalue weighted by Gasteiger charge is 2.42. The number of likely N-dealkylation sites (N-methyl/N-ethyl adjacent to an activating group) is 1. The predicted molar refractivity (Wildman–Crippen MR) is 95.1 cm³/mol. The van der Waals surface area contributed by atoms with E-state index < -0.39 is 0 Å². The summed E-state index contributed by atoms with van der Waals surface area (Å²) in [5.74, 6) is 0.599. The van der Waals surface area contributed by atoms with Gasteiger partial charge in [0, 0.05) is 35.9 Å². The molecule has 3 aliphatic heterocycles. The Morgan fingerprint density at radius 1 is 1.43 bits per heavy atom. The summed E-state index contributed by atoms with van der Waals surface area (Å²) in [5.41, 5.74) is 2.30. The molecule has 23 heavy (non-hydrogen) atoms. The van der Waals surface area contributed by atoms with Crippen LogP contribution in [0.15, 0.2) is 33.8 Å². The lowest BCUT2D eigenvalue weighted by Crippen LogP contribution is -2.42.